The second-order valence-electron chi connectivity index (χ2n) is 3.56. The van der Waals surface area contributed by atoms with E-state index in [2.05, 4.69) is 15.9 Å². The highest BCUT2D eigenvalue weighted by Gasteiger charge is 2.19. The molecule has 1 nitrogen and oxygen atoms in total. The molecule has 0 bridgehead atoms. The molecule has 1 rings (SSSR count). The summed E-state index contributed by atoms with van der Waals surface area (Å²) in [6.45, 7) is 3.68. The van der Waals surface area contributed by atoms with E-state index in [-0.39, 0.29) is 0 Å². The molecule has 0 aliphatic carbocycles. The van der Waals surface area contributed by atoms with Gasteiger partial charge in [-0.05, 0) is 36.8 Å². The first-order valence-electron chi connectivity index (χ1n) is 3.92. The lowest BCUT2D eigenvalue weighted by atomic mass is 10.2. The number of rotatable bonds is 2. The van der Waals surface area contributed by atoms with Gasteiger partial charge in [-0.25, -0.2) is 0 Å². The Morgan fingerprint density at radius 1 is 1.25 bits per heavy atom. The molecule has 0 spiro atoms. The van der Waals surface area contributed by atoms with E-state index in [0.29, 0.717) is 0 Å². The van der Waals surface area contributed by atoms with Gasteiger partial charge in [0.15, 0.2) is 0 Å². The van der Waals surface area contributed by atoms with Crippen LogP contribution in [0.15, 0.2) is 28.7 Å². The van der Waals surface area contributed by atoms with Crippen LogP contribution in [0.2, 0.25) is 13.1 Å². The van der Waals surface area contributed by atoms with Crippen LogP contribution in [-0.2, 0) is 10.8 Å². The Balaban J connectivity index is 2.71. The van der Waals surface area contributed by atoms with Crippen LogP contribution >= 0.6 is 15.9 Å². The SMILES string of the molecule is C[Si](C)([O])Cc1ccc(Br)cc1. The Morgan fingerprint density at radius 3 is 2.17 bits per heavy atom. The molecular formula is C9H12BrOSi. The normalized spacial score (nSPS) is 11.7. The third-order valence-corrected chi connectivity index (χ3v) is 3.33. The van der Waals surface area contributed by atoms with Gasteiger partial charge in [0, 0.05) is 4.47 Å². The van der Waals surface area contributed by atoms with Crippen molar-refractivity contribution in [3.63, 3.8) is 0 Å². The summed E-state index contributed by atoms with van der Waals surface area (Å²) in [6, 6.07) is 8.71. The summed E-state index contributed by atoms with van der Waals surface area (Å²) < 4.78 is 1.07. The Bertz CT molecular complexity index is 250. The average Bonchev–Trinajstić information content (AvgIpc) is 1.91. The maximum absolute atomic E-state index is 11.5. The van der Waals surface area contributed by atoms with Crippen molar-refractivity contribution >= 4 is 24.2 Å². The summed E-state index contributed by atoms with van der Waals surface area (Å²) in [6.07, 6.45) is 0. The highest BCUT2D eigenvalue weighted by atomic mass is 79.9. The number of hydrogen-bond acceptors (Lipinski definition) is 0. The molecule has 0 atom stereocenters. The van der Waals surface area contributed by atoms with Crippen molar-refractivity contribution in [1.82, 2.24) is 0 Å². The van der Waals surface area contributed by atoms with Crippen molar-refractivity contribution in [2.45, 2.75) is 19.1 Å². The Labute approximate surface area is 82.7 Å². The molecule has 0 aliphatic heterocycles. The van der Waals surface area contributed by atoms with Gasteiger partial charge < -0.3 is 0 Å². The lowest BCUT2D eigenvalue weighted by Gasteiger charge is -2.10. The van der Waals surface area contributed by atoms with Crippen molar-refractivity contribution in [1.29, 1.82) is 0 Å². The smallest absolute Gasteiger partial charge is 0.235 e. The van der Waals surface area contributed by atoms with E-state index in [0.717, 1.165) is 16.1 Å². The molecule has 65 valence electrons. The molecule has 0 N–H and O–H groups in total. The third-order valence-electron chi connectivity index (χ3n) is 1.54. The first kappa shape index (κ1) is 9.96. The Morgan fingerprint density at radius 2 is 1.75 bits per heavy atom. The largest absolute Gasteiger partial charge is 0.298 e. The lowest BCUT2D eigenvalue weighted by molar-refractivity contribution is 0.427. The van der Waals surface area contributed by atoms with Gasteiger partial charge in [0.25, 0.3) is 0 Å². The van der Waals surface area contributed by atoms with E-state index >= 15 is 0 Å². The second kappa shape index (κ2) is 3.73. The molecule has 1 radical (unpaired) electrons. The molecule has 0 saturated heterocycles. The van der Waals surface area contributed by atoms with E-state index in [1.807, 2.05) is 37.4 Å². The molecular weight excluding hydrogens is 232 g/mol. The fourth-order valence-electron chi connectivity index (χ4n) is 1.09. The average molecular weight is 244 g/mol. The highest BCUT2D eigenvalue weighted by Crippen LogP contribution is 2.14. The van der Waals surface area contributed by atoms with Crippen LogP contribution in [0.1, 0.15) is 5.56 Å². The van der Waals surface area contributed by atoms with Crippen LogP contribution in [-0.4, -0.2) is 8.32 Å². The van der Waals surface area contributed by atoms with Gasteiger partial charge >= 0.3 is 0 Å². The molecule has 1 aromatic rings. The minimum Gasteiger partial charge on any atom is -0.298 e. The zero-order valence-electron chi connectivity index (χ0n) is 7.30. The van der Waals surface area contributed by atoms with E-state index < -0.39 is 8.32 Å². The van der Waals surface area contributed by atoms with Gasteiger partial charge in [-0.15, -0.1) is 0 Å². The van der Waals surface area contributed by atoms with E-state index in [4.69, 9.17) is 0 Å². The zero-order valence-corrected chi connectivity index (χ0v) is 9.89. The molecule has 0 heterocycles. The number of halogens is 1. The standard InChI is InChI=1S/C9H12BrOSi/c1-12(2,11)7-8-3-5-9(10)6-4-8/h3-6H,7H2,1-2H3. The van der Waals surface area contributed by atoms with E-state index in [1.165, 1.54) is 0 Å². The van der Waals surface area contributed by atoms with Crippen molar-refractivity contribution in [2.24, 2.45) is 0 Å². The number of benzene rings is 1. The van der Waals surface area contributed by atoms with Crippen molar-refractivity contribution in [3.05, 3.63) is 34.3 Å². The predicted molar refractivity (Wildman–Crippen MR) is 56.0 cm³/mol. The van der Waals surface area contributed by atoms with Gasteiger partial charge in [0.1, 0.15) is 0 Å². The maximum Gasteiger partial charge on any atom is 0.235 e. The minimum absolute atomic E-state index is 0.722. The molecule has 3 heteroatoms. The van der Waals surface area contributed by atoms with Crippen molar-refractivity contribution < 1.29 is 4.80 Å². The summed E-state index contributed by atoms with van der Waals surface area (Å²) in [5, 5.41) is 0. The Hall–Kier alpha value is -0.123. The quantitative estimate of drug-likeness (QED) is 0.712. The molecule has 12 heavy (non-hydrogen) atoms. The molecule has 0 aromatic heterocycles. The van der Waals surface area contributed by atoms with Gasteiger partial charge in [-0.1, -0.05) is 28.1 Å². The van der Waals surface area contributed by atoms with E-state index in [1.54, 1.807) is 0 Å². The molecule has 0 fully saturated rings. The van der Waals surface area contributed by atoms with Crippen LogP contribution in [0.4, 0.5) is 0 Å². The second-order valence-corrected chi connectivity index (χ2v) is 8.35. The molecule has 0 saturated carbocycles. The molecule has 0 amide bonds. The summed E-state index contributed by atoms with van der Waals surface area (Å²) in [5.74, 6) is 0. The van der Waals surface area contributed by atoms with E-state index in [9.17, 15) is 4.80 Å². The first-order chi connectivity index (χ1) is 5.47. The fourth-order valence-corrected chi connectivity index (χ4v) is 2.58. The zero-order chi connectivity index (χ0) is 9.19. The summed E-state index contributed by atoms with van der Waals surface area (Å²) in [7, 11) is -2.18. The molecule has 1 aromatic carbocycles. The van der Waals surface area contributed by atoms with Crippen LogP contribution in [0, 0.1) is 0 Å². The van der Waals surface area contributed by atoms with Crippen LogP contribution in [0.3, 0.4) is 0 Å². The molecule has 0 aliphatic rings. The van der Waals surface area contributed by atoms with Crippen molar-refractivity contribution in [2.75, 3.05) is 0 Å². The monoisotopic (exact) mass is 243 g/mol. The van der Waals surface area contributed by atoms with Gasteiger partial charge in [0.05, 0.1) is 0 Å². The van der Waals surface area contributed by atoms with Crippen molar-refractivity contribution in [3.8, 4) is 0 Å². The Kier molecular flexibility index (Phi) is 3.09. The lowest BCUT2D eigenvalue weighted by Crippen LogP contribution is -2.26. The van der Waals surface area contributed by atoms with Gasteiger partial charge in [-0.3, -0.25) is 4.80 Å². The maximum atomic E-state index is 11.5. The third kappa shape index (κ3) is 3.52. The number of hydrogen-bond donors (Lipinski definition) is 0. The van der Waals surface area contributed by atoms with Gasteiger partial charge in [-0.2, -0.15) is 0 Å². The summed E-state index contributed by atoms with van der Waals surface area (Å²) in [4.78, 5) is 11.5. The van der Waals surface area contributed by atoms with Gasteiger partial charge in [0.2, 0.25) is 8.32 Å². The van der Waals surface area contributed by atoms with Crippen LogP contribution < -0.4 is 0 Å². The fraction of sp³-hybridized carbons (Fsp3) is 0.333. The topological polar surface area (TPSA) is 19.9 Å². The summed E-state index contributed by atoms with van der Waals surface area (Å²) >= 11 is 3.36. The van der Waals surface area contributed by atoms with Crippen LogP contribution in [0.5, 0.6) is 0 Å². The highest BCUT2D eigenvalue weighted by molar-refractivity contribution is 9.10. The predicted octanol–water partition coefficient (Wildman–Crippen LogP) is 3.17. The van der Waals surface area contributed by atoms with Crippen LogP contribution in [0.25, 0.3) is 0 Å². The summed E-state index contributed by atoms with van der Waals surface area (Å²) in [5.41, 5.74) is 1.16. The molecule has 0 unspecified atom stereocenters. The minimum atomic E-state index is -2.18. The first-order valence-corrected chi connectivity index (χ1v) is 7.83.